The summed E-state index contributed by atoms with van der Waals surface area (Å²) in [7, 11) is 0. The number of fused-ring (bicyclic) bond motifs is 1. The summed E-state index contributed by atoms with van der Waals surface area (Å²) in [5.74, 6) is 1.02. The Morgan fingerprint density at radius 3 is 3.06 bits per heavy atom. The van der Waals surface area contributed by atoms with Gasteiger partial charge in [-0.1, -0.05) is 41.8 Å². The monoisotopic (exact) mass is 266 g/mol. The van der Waals surface area contributed by atoms with E-state index in [9.17, 15) is 0 Å². The van der Waals surface area contributed by atoms with E-state index in [4.69, 9.17) is 11.6 Å². The minimum Gasteiger partial charge on any atom is -0.361 e. The Balaban J connectivity index is 1.62. The first kappa shape index (κ1) is 11.3. The molecule has 17 heavy (non-hydrogen) atoms. The summed E-state index contributed by atoms with van der Waals surface area (Å²) < 4.78 is 1.08. The van der Waals surface area contributed by atoms with Crippen molar-refractivity contribution in [2.75, 3.05) is 11.9 Å². The van der Waals surface area contributed by atoms with E-state index >= 15 is 0 Å². The van der Waals surface area contributed by atoms with Crippen LogP contribution < -0.4 is 5.32 Å². The Morgan fingerprint density at radius 2 is 2.29 bits per heavy atom. The van der Waals surface area contributed by atoms with Gasteiger partial charge < -0.3 is 5.32 Å². The SMILES string of the molecule is Clc1cccc2nc(NCCCC3CC3)sc12. The zero-order valence-electron chi connectivity index (χ0n) is 9.58. The minimum atomic E-state index is 0.797. The van der Waals surface area contributed by atoms with Crippen LogP contribution in [0.2, 0.25) is 5.02 Å². The minimum absolute atomic E-state index is 0.797. The van der Waals surface area contributed by atoms with E-state index in [1.165, 1.54) is 25.7 Å². The zero-order valence-corrected chi connectivity index (χ0v) is 11.2. The van der Waals surface area contributed by atoms with Crippen molar-refractivity contribution in [3.63, 3.8) is 0 Å². The molecule has 0 unspecified atom stereocenters. The highest BCUT2D eigenvalue weighted by Gasteiger charge is 2.19. The van der Waals surface area contributed by atoms with E-state index in [-0.39, 0.29) is 0 Å². The van der Waals surface area contributed by atoms with Gasteiger partial charge in [0, 0.05) is 6.54 Å². The van der Waals surface area contributed by atoms with Crippen molar-refractivity contribution in [2.24, 2.45) is 5.92 Å². The summed E-state index contributed by atoms with van der Waals surface area (Å²) in [6, 6.07) is 5.87. The summed E-state index contributed by atoms with van der Waals surface area (Å²) in [5.41, 5.74) is 0.993. The fourth-order valence-electron chi connectivity index (χ4n) is 1.98. The molecule has 0 bridgehead atoms. The quantitative estimate of drug-likeness (QED) is 0.803. The smallest absolute Gasteiger partial charge is 0.183 e. The molecular formula is C13H15ClN2S. The third kappa shape index (κ3) is 2.72. The lowest BCUT2D eigenvalue weighted by Gasteiger charge is -2.00. The number of aromatic nitrogens is 1. The predicted molar refractivity (Wildman–Crippen MR) is 75.1 cm³/mol. The van der Waals surface area contributed by atoms with Gasteiger partial charge in [0.2, 0.25) is 0 Å². The highest BCUT2D eigenvalue weighted by molar-refractivity contribution is 7.22. The third-order valence-corrected chi connectivity index (χ3v) is 4.62. The van der Waals surface area contributed by atoms with Crippen LogP contribution >= 0.6 is 22.9 Å². The second kappa shape index (κ2) is 4.83. The number of hydrogen-bond acceptors (Lipinski definition) is 3. The molecule has 0 amide bonds. The predicted octanol–water partition coefficient (Wildman–Crippen LogP) is 4.55. The second-order valence-corrected chi connectivity index (χ2v) is 6.03. The average molecular weight is 267 g/mol. The summed E-state index contributed by atoms with van der Waals surface area (Å²) in [5, 5.41) is 5.18. The van der Waals surface area contributed by atoms with Crippen LogP contribution in [-0.4, -0.2) is 11.5 Å². The van der Waals surface area contributed by atoms with E-state index in [0.29, 0.717) is 0 Å². The molecule has 1 aromatic heterocycles. The Hall–Kier alpha value is -0.800. The van der Waals surface area contributed by atoms with Crippen molar-refractivity contribution in [1.82, 2.24) is 4.98 Å². The van der Waals surface area contributed by atoms with Crippen molar-refractivity contribution in [3.8, 4) is 0 Å². The summed E-state index contributed by atoms with van der Waals surface area (Å²) in [6.45, 7) is 1.02. The molecule has 1 aliphatic rings. The second-order valence-electron chi connectivity index (χ2n) is 4.62. The number of benzene rings is 1. The summed E-state index contributed by atoms with van der Waals surface area (Å²) in [6.07, 6.45) is 5.49. The highest BCUT2D eigenvalue weighted by atomic mass is 35.5. The van der Waals surface area contributed by atoms with Gasteiger partial charge >= 0.3 is 0 Å². The van der Waals surface area contributed by atoms with Crippen molar-refractivity contribution < 1.29 is 0 Å². The normalized spacial score (nSPS) is 15.4. The standard InChI is InChI=1S/C13H15ClN2S/c14-10-4-1-5-11-12(10)17-13(16-11)15-8-2-3-9-6-7-9/h1,4-5,9H,2-3,6-8H2,(H,15,16). The number of hydrogen-bond donors (Lipinski definition) is 1. The van der Waals surface area contributed by atoms with Gasteiger partial charge in [0.25, 0.3) is 0 Å². The molecule has 4 heteroatoms. The molecule has 1 aromatic carbocycles. The van der Waals surface area contributed by atoms with E-state index in [0.717, 1.165) is 32.8 Å². The molecule has 3 rings (SSSR count). The number of halogens is 1. The third-order valence-electron chi connectivity index (χ3n) is 3.13. The molecule has 2 nitrogen and oxygen atoms in total. The van der Waals surface area contributed by atoms with Crippen LogP contribution in [0.25, 0.3) is 10.2 Å². The maximum Gasteiger partial charge on any atom is 0.183 e. The van der Waals surface area contributed by atoms with Crippen molar-refractivity contribution in [3.05, 3.63) is 23.2 Å². The first-order chi connectivity index (χ1) is 8.33. The number of rotatable bonds is 5. The molecular weight excluding hydrogens is 252 g/mol. The Morgan fingerprint density at radius 1 is 1.41 bits per heavy atom. The molecule has 1 fully saturated rings. The van der Waals surface area contributed by atoms with Crippen LogP contribution in [0.5, 0.6) is 0 Å². The molecule has 0 saturated heterocycles. The Bertz CT molecular complexity index is 519. The Kier molecular flexibility index (Phi) is 3.21. The number of nitrogens with one attached hydrogen (secondary N) is 1. The lowest BCUT2D eigenvalue weighted by molar-refractivity contribution is 0.687. The van der Waals surface area contributed by atoms with Crippen LogP contribution in [0, 0.1) is 5.92 Å². The van der Waals surface area contributed by atoms with Crippen LogP contribution in [0.15, 0.2) is 18.2 Å². The fourth-order valence-corrected chi connectivity index (χ4v) is 3.16. The van der Waals surface area contributed by atoms with Crippen LogP contribution in [0.3, 0.4) is 0 Å². The summed E-state index contributed by atoms with van der Waals surface area (Å²) in [4.78, 5) is 4.53. The molecule has 0 spiro atoms. The van der Waals surface area contributed by atoms with Gasteiger partial charge in [0.1, 0.15) is 0 Å². The van der Waals surface area contributed by atoms with Crippen molar-refractivity contribution in [2.45, 2.75) is 25.7 Å². The molecule has 1 saturated carbocycles. The molecule has 2 aromatic rings. The van der Waals surface area contributed by atoms with Crippen LogP contribution in [0.4, 0.5) is 5.13 Å². The van der Waals surface area contributed by atoms with Gasteiger partial charge in [-0.3, -0.25) is 0 Å². The van der Waals surface area contributed by atoms with Crippen LogP contribution in [-0.2, 0) is 0 Å². The van der Waals surface area contributed by atoms with Crippen molar-refractivity contribution in [1.29, 1.82) is 0 Å². The van der Waals surface area contributed by atoms with E-state index in [1.807, 2.05) is 18.2 Å². The van der Waals surface area contributed by atoms with Gasteiger partial charge in [-0.25, -0.2) is 4.98 Å². The topological polar surface area (TPSA) is 24.9 Å². The fraction of sp³-hybridized carbons (Fsp3) is 0.462. The molecule has 90 valence electrons. The van der Waals surface area contributed by atoms with E-state index in [2.05, 4.69) is 10.3 Å². The van der Waals surface area contributed by atoms with Gasteiger partial charge in [-0.05, 0) is 30.9 Å². The Labute approximate surface area is 110 Å². The largest absolute Gasteiger partial charge is 0.361 e. The van der Waals surface area contributed by atoms with Gasteiger partial charge in [-0.15, -0.1) is 0 Å². The highest BCUT2D eigenvalue weighted by Crippen LogP contribution is 2.34. The van der Waals surface area contributed by atoms with Gasteiger partial charge in [0.05, 0.1) is 15.2 Å². The lowest BCUT2D eigenvalue weighted by atomic mass is 10.2. The summed E-state index contributed by atoms with van der Waals surface area (Å²) >= 11 is 7.77. The first-order valence-corrected chi connectivity index (χ1v) is 7.31. The van der Waals surface area contributed by atoms with Gasteiger partial charge in [-0.2, -0.15) is 0 Å². The van der Waals surface area contributed by atoms with E-state index in [1.54, 1.807) is 11.3 Å². The number of thiazole rings is 1. The lowest BCUT2D eigenvalue weighted by Crippen LogP contribution is -2.00. The van der Waals surface area contributed by atoms with Gasteiger partial charge in [0.15, 0.2) is 5.13 Å². The maximum absolute atomic E-state index is 6.12. The zero-order chi connectivity index (χ0) is 11.7. The molecule has 0 aliphatic heterocycles. The number of nitrogens with zero attached hydrogens (tertiary/aromatic N) is 1. The van der Waals surface area contributed by atoms with Crippen molar-refractivity contribution >= 4 is 38.3 Å². The molecule has 0 atom stereocenters. The molecule has 0 radical (unpaired) electrons. The van der Waals surface area contributed by atoms with E-state index < -0.39 is 0 Å². The first-order valence-electron chi connectivity index (χ1n) is 6.12. The maximum atomic E-state index is 6.12. The van der Waals surface area contributed by atoms with Crippen LogP contribution in [0.1, 0.15) is 25.7 Å². The average Bonchev–Trinajstić information content (AvgIpc) is 3.04. The molecule has 1 aliphatic carbocycles. The molecule has 1 N–H and O–H groups in total. The number of anilines is 1. The molecule has 1 heterocycles.